The van der Waals surface area contributed by atoms with Gasteiger partial charge in [0.25, 0.3) is 15.9 Å². The maximum atomic E-state index is 13.1. The third-order valence-corrected chi connectivity index (χ3v) is 7.03. The van der Waals surface area contributed by atoms with Crippen LogP contribution in [0.2, 0.25) is 0 Å². The van der Waals surface area contributed by atoms with Crippen LogP contribution in [0, 0.1) is 6.92 Å². The lowest BCUT2D eigenvalue weighted by Crippen LogP contribution is -2.25. The molecule has 32 heavy (non-hydrogen) atoms. The first-order chi connectivity index (χ1) is 15.4. The summed E-state index contributed by atoms with van der Waals surface area (Å²) in [5.41, 5.74) is 3.07. The molecule has 1 amide bonds. The second-order valence-electron chi connectivity index (χ2n) is 7.56. The molecule has 0 bridgehead atoms. The van der Waals surface area contributed by atoms with E-state index in [0.717, 1.165) is 16.5 Å². The van der Waals surface area contributed by atoms with Crippen LogP contribution in [0.3, 0.4) is 0 Å². The van der Waals surface area contributed by atoms with Crippen LogP contribution in [0.25, 0.3) is 10.9 Å². The molecule has 0 aliphatic rings. The smallest absolute Gasteiger partial charge is 0.268 e. The van der Waals surface area contributed by atoms with Crippen LogP contribution in [-0.4, -0.2) is 32.0 Å². The first-order valence-electron chi connectivity index (χ1n) is 10.2. The maximum absolute atomic E-state index is 13.1. The molecule has 1 heterocycles. The Morgan fingerprint density at radius 3 is 2.53 bits per heavy atom. The number of nitrogens with one attached hydrogen (secondary N) is 1. The number of hydrogen-bond acceptors (Lipinski definition) is 4. The van der Waals surface area contributed by atoms with E-state index in [1.54, 1.807) is 67.9 Å². The Bertz CT molecular complexity index is 1370. The lowest BCUT2D eigenvalue weighted by molar-refractivity contribution is 0.0954. The first kappa shape index (κ1) is 21.6. The molecule has 0 aliphatic carbocycles. The van der Waals surface area contributed by atoms with Crippen molar-refractivity contribution < 1.29 is 17.9 Å². The van der Waals surface area contributed by atoms with Crippen LogP contribution in [0.4, 0.5) is 0 Å². The van der Waals surface area contributed by atoms with Gasteiger partial charge in [-0.15, -0.1) is 0 Å². The fourth-order valence-corrected chi connectivity index (χ4v) is 4.87. The van der Waals surface area contributed by atoms with E-state index in [9.17, 15) is 13.2 Å². The number of ether oxygens (including phenoxy) is 1. The quantitative estimate of drug-likeness (QED) is 0.460. The fraction of sp³-hybridized carbons (Fsp3) is 0.160. The summed E-state index contributed by atoms with van der Waals surface area (Å²) in [7, 11) is -2.14. The molecule has 0 atom stereocenters. The van der Waals surface area contributed by atoms with Crippen LogP contribution in [-0.2, 0) is 16.4 Å². The Morgan fingerprint density at radius 1 is 1.00 bits per heavy atom. The van der Waals surface area contributed by atoms with Crippen molar-refractivity contribution >= 4 is 26.8 Å². The molecular formula is C25H24N2O4S. The fourth-order valence-electron chi connectivity index (χ4n) is 3.52. The maximum Gasteiger partial charge on any atom is 0.268 e. The van der Waals surface area contributed by atoms with Gasteiger partial charge in [-0.3, -0.25) is 4.79 Å². The largest absolute Gasteiger partial charge is 0.497 e. The van der Waals surface area contributed by atoms with Crippen molar-refractivity contribution in [3.8, 4) is 5.75 Å². The number of aryl methyl sites for hydroxylation is 1. The lowest BCUT2D eigenvalue weighted by Gasteiger charge is -2.10. The summed E-state index contributed by atoms with van der Waals surface area (Å²) in [6.07, 6.45) is 2.15. The topological polar surface area (TPSA) is 77.4 Å². The van der Waals surface area contributed by atoms with Gasteiger partial charge in [0.2, 0.25) is 0 Å². The van der Waals surface area contributed by atoms with Gasteiger partial charge in [-0.2, -0.15) is 0 Å². The van der Waals surface area contributed by atoms with Crippen molar-refractivity contribution in [1.82, 2.24) is 9.29 Å². The Hall–Kier alpha value is -3.58. The Morgan fingerprint density at radius 2 is 1.78 bits per heavy atom. The third-order valence-electron chi connectivity index (χ3n) is 5.33. The molecule has 4 aromatic rings. The van der Waals surface area contributed by atoms with E-state index in [-0.39, 0.29) is 10.8 Å². The van der Waals surface area contributed by atoms with Crippen LogP contribution in [0.1, 0.15) is 21.5 Å². The number of aromatic nitrogens is 1. The van der Waals surface area contributed by atoms with Gasteiger partial charge in [-0.05, 0) is 61.4 Å². The average Bonchev–Trinajstić information content (AvgIpc) is 3.23. The van der Waals surface area contributed by atoms with Gasteiger partial charge < -0.3 is 10.1 Å². The predicted octanol–water partition coefficient (Wildman–Crippen LogP) is 4.17. The summed E-state index contributed by atoms with van der Waals surface area (Å²) in [5, 5.41) is 3.73. The third kappa shape index (κ3) is 4.38. The molecule has 0 radical (unpaired) electrons. The van der Waals surface area contributed by atoms with E-state index in [1.807, 2.05) is 25.1 Å². The molecule has 1 aromatic heterocycles. The molecule has 164 valence electrons. The van der Waals surface area contributed by atoms with Crippen molar-refractivity contribution in [2.24, 2.45) is 0 Å². The highest BCUT2D eigenvalue weighted by Gasteiger charge is 2.19. The van der Waals surface area contributed by atoms with Gasteiger partial charge >= 0.3 is 0 Å². The summed E-state index contributed by atoms with van der Waals surface area (Å²) in [6.45, 7) is 2.34. The minimum atomic E-state index is -3.70. The van der Waals surface area contributed by atoms with Gasteiger partial charge in [-0.25, -0.2) is 12.4 Å². The molecular weight excluding hydrogens is 424 g/mol. The Balaban J connectivity index is 1.51. The molecule has 0 saturated heterocycles. The number of rotatable bonds is 7. The number of nitrogens with zero attached hydrogens (tertiary/aromatic N) is 1. The van der Waals surface area contributed by atoms with Crippen LogP contribution in [0.15, 0.2) is 83.9 Å². The van der Waals surface area contributed by atoms with E-state index >= 15 is 0 Å². The van der Waals surface area contributed by atoms with Crippen LogP contribution in [0.5, 0.6) is 5.75 Å². The number of carbonyl (C=O) groups is 1. The average molecular weight is 449 g/mol. The summed E-state index contributed by atoms with van der Waals surface area (Å²) < 4.78 is 32.7. The van der Waals surface area contributed by atoms with E-state index in [0.29, 0.717) is 29.8 Å². The number of methoxy groups -OCH3 is 1. The summed E-state index contributed by atoms with van der Waals surface area (Å²) in [6, 6.07) is 21.3. The zero-order chi connectivity index (χ0) is 22.7. The molecule has 0 spiro atoms. The van der Waals surface area contributed by atoms with Crippen molar-refractivity contribution in [2.75, 3.05) is 13.7 Å². The zero-order valence-electron chi connectivity index (χ0n) is 17.9. The number of benzene rings is 3. The monoisotopic (exact) mass is 448 g/mol. The van der Waals surface area contributed by atoms with E-state index in [2.05, 4.69) is 5.32 Å². The standard InChI is InChI=1S/C25H24N2O4S/c1-18-6-10-23(11-7-18)32(29,30)27-15-13-20-9-8-19(16-24(20)27)12-14-26-25(28)21-4-3-5-22(17-21)31-2/h3-11,13,15-17H,12,14H2,1-2H3,(H,26,28). The Labute approximate surface area is 187 Å². The minimum Gasteiger partial charge on any atom is -0.497 e. The van der Waals surface area contributed by atoms with Crippen LogP contribution >= 0.6 is 0 Å². The van der Waals surface area contributed by atoms with Crippen molar-refractivity contribution in [3.05, 3.63) is 95.7 Å². The van der Waals surface area contributed by atoms with Crippen LogP contribution < -0.4 is 10.1 Å². The van der Waals surface area contributed by atoms with E-state index in [1.165, 1.54) is 3.97 Å². The second kappa shape index (κ2) is 8.88. The Kier molecular flexibility index (Phi) is 6.01. The zero-order valence-corrected chi connectivity index (χ0v) is 18.7. The van der Waals surface area contributed by atoms with Crippen molar-refractivity contribution in [1.29, 1.82) is 0 Å². The SMILES string of the molecule is COc1cccc(C(=O)NCCc2ccc3ccn(S(=O)(=O)c4ccc(C)cc4)c3c2)c1. The highest BCUT2D eigenvalue weighted by molar-refractivity contribution is 7.90. The highest BCUT2D eigenvalue weighted by Crippen LogP contribution is 2.24. The number of hydrogen-bond donors (Lipinski definition) is 1. The summed E-state index contributed by atoms with van der Waals surface area (Å²) >= 11 is 0. The molecule has 7 heteroatoms. The number of fused-ring (bicyclic) bond motifs is 1. The molecule has 1 N–H and O–H groups in total. The number of amides is 1. The molecule has 0 unspecified atom stereocenters. The predicted molar refractivity (Wildman–Crippen MR) is 125 cm³/mol. The summed E-state index contributed by atoms with van der Waals surface area (Å²) in [4.78, 5) is 12.6. The van der Waals surface area contributed by atoms with E-state index in [4.69, 9.17) is 4.74 Å². The molecule has 0 fully saturated rings. The molecule has 0 saturated carbocycles. The lowest BCUT2D eigenvalue weighted by atomic mass is 10.1. The van der Waals surface area contributed by atoms with Crippen molar-refractivity contribution in [3.63, 3.8) is 0 Å². The van der Waals surface area contributed by atoms with Gasteiger partial charge in [-0.1, -0.05) is 35.9 Å². The molecule has 4 rings (SSSR count). The minimum absolute atomic E-state index is 0.185. The second-order valence-corrected chi connectivity index (χ2v) is 9.38. The first-order valence-corrected chi connectivity index (χ1v) is 11.7. The van der Waals surface area contributed by atoms with Gasteiger partial charge in [0.1, 0.15) is 5.75 Å². The van der Waals surface area contributed by atoms with Gasteiger partial charge in [0.05, 0.1) is 17.5 Å². The van der Waals surface area contributed by atoms with Gasteiger partial charge in [0.15, 0.2) is 0 Å². The van der Waals surface area contributed by atoms with Gasteiger partial charge in [0, 0.05) is 23.7 Å². The summed E-state index contributed by atoms with van der Waals surface area (Å²) in [5.74, 6) is 0.439. The molecule has 0 aliphatic heterocycles. The highest BCUT2D eigenvalue weighted by atomic mass is 32.2. The molecule has 6 nitrogen and oxygen atoms in total. The van der Waals surface area contributed by atoms with E-state index < -0.39 is 10.0 Å². The normalized spacial score (nSPS) is 11.4. The molecule has 3 aromatic carbocycles. The van der Waals surface area contributed by atoms with Crippen molar-refractivity contribution in [2.45, 2.75) is 18.2 Å². The number of carbonyl (C=O) groups excluding carboxylic acids is 1.